The minimum atomic E-state index is -1.14. The van der Waals surface area contributed by atoms with Gasteiger partial charge in [0.15, 0.2) is 0 Å². The van der Waals surface area contributed by atoms with Gasteiger partial charge < -0.3 is 15.7 Å². The van der Waals surface area contributed by atoms with E-state index in [2.05, 4.69) is 10.6 Å². The van der Waals surface area contributed by atoms with E-state index >= 15 is 0 Å². The van der Waals surface area contributed by atoms with Gasteiger partial charge in [0.2, 0.25) is 5.91 Å². The summed E-state index contributed by atoms with van der Waals surface area (Å²) < 4.78 is 0. The average Bonchev–Trinajstić information content (AvgIpc) is 2.51. The van der Waals surface area contributed by atoms with Crippen LogP contribution in [0.25, 0.3) is 0 Å². The predicted molar refractivity (Wildman–Crippen MR) is 90.9 cm³/mol. The first-order valence-corrected chi connectivity index (χ1v) is 8.71. The van der Waals surface area contributed by atoms with Crippen molar-refractivity contribution in [1.82, 2.24) is 10.6 Å². The molecule has 0 aliphatic heterocycles. The second-order valence-corrected chi connectivity index (χ2v) is 6.25. The molecule has 0 bridgehead atoms. The molecule has 0 heterocycles. The maximum Gasteiger partial charge on any atom is 0.325 e. The summed E-state index contributed by atoms with van der Waals surface area (Å²) >= 11 is 7.49. The van der Waals surface area contributed by atoms with E-state index in [1.54, 1.807) is 24.3 Å². The van der Waals surface area contributed by atoms with E-state index in [1.165, 1.54) is 18.7 Å². The number of thioether (sulfide) groups is 1. The van der Waals surface area contributed by atoms with Crippen molar-refractivity contribution >= 4 is 41.1 Å². The number of hydrogen-bond acceptors (Lipinski definition) is 4. The van der Waals surface area contributed by atoms with E-state index in [-0.39, 0.29) is 10.6 Å². The number of carbonyl (C=O) groups is 3. The van der Waals surface area contributed by atoms with Gasteiger partial charge in [-0.25, -0.2) is 0 Å². The number of halogens is 1. The minimum absolute atomic E-state index is 0.266. The standard InChI is InChI=1S/C15H19ClN2O4S/c1-9(15(21)22)17-14(20)12(7-8-23-2)18-13(19)10-5-3-4-6-11(10)16/h3-6,9,12H,7-8H2,1-2H3,(H,17,20)(H,18,19)(H,21,22)/t9-,12?/m1/s1. The molecule has 1 aromatic carbocycles. The van der Waals surface area contributed by atoms with Crippen molar-refractivity contribution in [2.75, 3.05) is 12.0 Å². The van der Waals surface area contributed by atoms with E-state index < -0.39 is 29.9 Å². The molecule has 1 rings (SSSR count). The predicted octanol–water partition coefficient (Wildman–Crippen LogP) is 1.78. The third-order valence-electron chi connectivity index (χ3n) is 3.08. The van der Waals surface area contributed by atoms with E-state index in [0.717, 1.165) is 0 Å². The molecule has 0 aromatic heterocycles. The number of carbonyl (C=O) groups excluding carboxylic acids is 2. The molecule has 0 spiro atoms. The van der Waals surface area contributed by atoms with Crippen molar-refractivity contribution in [3.8, 4) is 0 Å². The summed E-state index contributed by atoms with van der Waals surface area (Å²) in [5.41, 5.74) is 0.266. The zero-order valence-electron chi connectivity index (χ0n) is 12.8. The lowest BCUT2D eigenvalue weighted by atomic mass is 10.1. The Morgan fingerprint density at radius 3 is 2.48 bits per heavy atom. The molecule has 126 valence electrons. The van der Waals surface area contributed by atoms with E-state index in [9.17, 15) is 14.4 Å². The highest BCUT2D eigenvalue weighted by atomic mass is 35.5. The van der Waals surface area contributed by atoms with Gasteiger partial charge in [0.05, 0.1) is 10.6 Å². The lowest BCUT2D eigenvalue weighted by molar-refractivity contribution is -0.141. The molecule has 0 saturated heterocycles. The maximum atomic E-state index is 12.3. The van der Waals surface area contributed by atoms with Gasteiger partial charge >= 0.3 is 5.97 Å². The third kappa shape index (κ3) is 6.11. The molecule has 0 aliphatic rings. The molecule has 2 atom stereocenters. The van der Waals surface area contributed by atoms with Crippen molar-refractivity contribution in [1.29, 1.82) is 0 Å². The highest BCUT2D eigenvalue weighted by Crippen LogP contribution is 2.15. The monoisotopic (exact) mass is 358 g/mol. The molecular formula is C15H19ClN2O4S. The number of carboxylic acids is 1. The van der Waals surface area contributed by atoms with Crippen LogP contribution in [-0.2, 0) is 9.59 Å². The fourth-order valence-electron chi connectivity index (χ4n) is 1.76. The Morgan fingerprint density at radius 1 is 1.26 bits per heavy atom. The lowest BCUT2D eigenvalue weighted by Gasteiger charge is -2.20. The van der Waals surface area contributed by atoms with E-state index in [1.807, 2.05) is 6.26 Å². The second kappa shape index (κ2) is 9.42. The zero-order chi connectivity index (χ0) is 17.4. The molecule has 0 aliphatic carbocycles. The molecule has 1 unspecified atom stereocenters. The molecule has 0 saturated carbocycles. The topological polar surface area (TPSA) is 95.5 Å². The second-order valence-electron chi connectivity index (χ2n) is 4.86. The molecular weight excluding hydrogens is 340 g/mol. The molecule has 6 nitrogen and oxygen atoms in total. The Morgan fingerprint density at radius 2 is 1.91 bits per heavy atom. The minimum Gasteiger partial charge on any atom is -0.480 e. The Kier molecular flexibility index (Phi) is 7.91. The van der Waals surface area contributed by atoms with Gasteiger partial charge in [0.25, 0.3) is 5.91 Å². The van der Waals surface area contributed by atoms with Crippen LogP contribution in [0.5, 0.6) is 0 Å². The average molecular weight is 359 g/mol. The van der Waals surface area contributed by atoms with Gasteiger partial charge in [-0.3, -0.25) is 14.4 Å². The smallest absolute Gasteiger partial charge is 0.325 e. The van der Waals surface area contributed by atoms with Crippen molar-refractivity contribution in [2.45, 2.75) is 25.4 Å². The van der Waals surface area contributed by atoms with Gasteiger partial charge in [0.1, 0.15) is 12.1 Å². The molecule has 2 amide bonds. The number of amides is 2. The van der Waals surface area contributed by atoms with Crippen molar-refractivity contribution < 1.29 is 19.5 Å². The molecule has 8 heteroatoms. The molecule has 0 fully saturated rings. The number of rotatable bonds is 8. The Labute approximate surface area is 144 Å². The first kappa shape index (κ1) is 19.3. The molecule has 3 N–H and O–H groups in total. The SMILES string of the molecule is CSCCC(NC(=O)c1ccccc1Cl)C(=O)N[C@H](C)C(=O)O. The van der Waals surface area contributed by atoms with Crippen LogP contribution in [0.1, 0.15) is 23.7 Å². The van der Waals surface area contributed by atoms with Crippen LogP contribution in [0.15, 0.2) is 24.3 Å². The Bertz CT molecular complexity index is 582. The van der Waals surface area contributed by atoms with Crippen LogP contribution < -0.4 is 10.6 Å². The van der Waals surface area contributed by atoms with Crippen LogP contribution in [0.4, 0.5) is 0 Å². The number of carboxylic acid groups (broad SMARTS) is 1. The third-order valence-corrected chi connectivity index (χ3v) is 4.05. The summed E-state index contributed by atoms with van der Waals surface area (Å²) in [7, 11) is 0. The van der Waals surface area contributed by atoms with Crippen LogP contribution in [0, 0.1) is 0 Å². The quantitative estimate of drug-likeness (QED) is 0.658. The lowest BCUT2D eigenvalue weighted by Crippen LogP contribution is -2.51. The van der Waals surface area contributed by atoms with Crippen LogP contribution in [0.3, 0.4) is 0 Å². The van der Waals surface area contributed by atoms with E-state index in [0.29, 0.717) is 12.2 Å². The summed E-state index contributed by atoms with van der Waals surface area (Å²) in [6.45, 7) is 1.36. The van der Waals surface area contributed by atoms with Gasteiger partial charge in [-0.15, -0.1) is 0 Å². The molecule has 1 aromatic rings. The summed E-state index contributed by atoms with van der Waals surface area (Å²) in [4.78, 5) is 35.3. The fourth-order valence-corrected chi connectivity index (χ4v) is 2.45. The highest BCUT2D eigenvalue weighted by Gasteiger charge is 2.24. The molecule has 0 radical (unpaired) electrons. The van der Waals surface area contributed by atoms with Crippen LogP contribution >= 0.6 is 23.4 Å². The summed E-state index contributed by atoms with van der Waals surface area (Å²) in [5.74, 6) is -1.50. The number of nitrogens with one attached hydrogen (secondary N) is 2. The summed E-state index contributed by atoms with van der Waals surface area (Å²) in [5, 5.41) is 14.1. The van der Waals surface area contributed by atoms with E-state index in [4.69, 9.17) is 16.7 Å². The Balaban J connectivity index is 2.81. The normalized spacial score (nSPS) is 13.0. The maximum absolute atomic E-state index is 12.3. The summed E-state index contributed by atoms with van der Waals surface area (Å²) in [6.07, 6.45) is 2.26. The van der Waals surface area contributed by atoms with Gasteiger partial charge in [-0.1, -0.05) is 23.7 Å². The molecule has 23 heavy (non-hydrogen) atoms. The van der Waals surface area contributed by atoms with Gasteiger partial charge in [-0.05, 0) is 37.5 Å². The Hall–Kier alpha value is -1.73. The number of aliphatic carboxylic acids is 1. The van der Waals surface area contributed by atoms with Gasteiger partial charge in [0, 0.05) is 0 Å². The first-order valence-electron chi connectivity index (χ1n) is 6.94. The first-order chi connectivity index (χ1) is 10.9. The number of benzene rings is 1. The largest absolute Gasteiger partial charge is 0.480 e. The number of hydrogen-bond donors (Lipinski definition) is 3. The van der Waals surface area contributed by atoms with Crippen molar-refractivity contribution in [2.24, 2.45) is 0 Å². The van der Waals surface area contributed by atoms with Crippen LogP contribution in [0.2, 0.25) is 5.02 Å². The van der Waals surface area contributed by atoms with Crippen molar-refractivity contribution in [3.63, 3.8) is 0 Å². The summed E-state index contributed by atoms with van der Waals surface area (Å²) in [6, 6.07) is 4.65. The van der Waals surface area contributed by atoms with Crippen LogP contribution in [-0.4, -0.2) is 47.0 Å². The fraction of sp³-hybridized carbons (Fsp3) is 0.400. The highest BCUT2D eigenvalue weighted by molar-refractivity contribution is 7.98. The zero-order valence-corrected chi connectivity index (χ0v) is 14.4. The van der Waals surface area contributed by atoms with Gasteiger partial charge in [-0.2, -0.15) is 11.8 Å². The van der Waals surface area contributed by atoms with Crippen molar-refractivity contribution in [3.05, 3.63) is 34.9 Å².